The van der Waals surface area contributed by atoms with Crippen molar-refractivity contribution >= 4 is 11.5 Å². The summed E-state index contributed by atoms with van der Waals surface area (Å²) in [5.74, 6) is 2.64. The van der Waals surface area contributed by atoms with Gasteiger partial charge in [-0.25, -0.2) is 14.4 Å². The number of nitrogen functional groups attached to an aromatic ring is 1. The maximum atomic E-state index is 14.4. The molecule has 2 aromatic rings. The first-order valence-corrected chi connectivity index (χ1v) is 15.3. The summed E-state index contributed by atoms with van der Waals surface area (Å²) in [6, 6.07) is 6.49. The third kappa shape index (κ3) is 4.79. The smallest absolute Gasteiger partial charge is 0.135 e. The number of rotatable bonds is 7. The van der Waals surface area contributed by atoms with Crippen LogP contribution in [0.25, 0.3) is 0 Å². The van der Waals surface area contributed by atoms with Crippen LogP contribution in [0, 0.1) is 11.3 Å². The van der Waals surface area contributed by atoms with Crippen molar-refractivity contribution in [3.8, 4) is 6.07 Å². The Balaban J connectivity index is 1.34. The van der Waals surface area contributed by atoms with Crippen LogP contribution in [-0.4, -0.2) is 52.8 Å². The molecule has 4 atom stereocenters. The van der Waals surface area contributed by atoms with E-state index in [0.29, 0.717) is 30.1 Å². The molecule has 4 heterocycles. The van der Waals surface area contributed by atoms with E-state index in [9.17, 15) is 9.65 Å². The lowest BCUT2D eigenvalue weighted by molar-refractivity contribution is 0.181. The predicted octanol–water partition coefficient (Wildman–Crippen LogP) is 5.83. The van der Waals surface area contributed by atoms with Crippen molar-refractivity contribution in [2.45, 2.75) is 108 Å². The minimum atomic E-state index is -0.706. The molecule has 1 aliphatic carbocycles. The second-order valence-corrected chi connectivity index (χ2v) is 12.6. The van der Waals surface area contributed by atoms with E-state index in [4.69, 9.17) is 15.7 Å². The van der Waals surface area contributed by atoms with Gasteiger partial charge in [0.05, 0.1) is 11.3 Å². The molecule has 1 aromatic heterocycles. The van der Waals surface area contributed by atoms with Crippen LogP contribution < -0.4 is 10.6 Å². The zero-order valence-corrected chi connectivity index (χ0v) is 23.7. The van der Waals surface area contributed by atoms with Gasteiger partial charge >= 0.3 is 0 Å². The lowest BCUT2D eigenvalue weighted by Crippen LogP contribution is -2.38. The zero-order valence-electron chi connectivity index (χ0n) is 23.7. The Bertz CT molecular complexity index is 1260. The molecule has 0 radical (unpaired) electrons. The third-order valence-corrected chi connectivity index (χ3v) is 10.3. The molecule has 0 amide bonds. The summed E-state index contributed by atoms with van der Waals surface area (Å²) in [5, 5.41) is 10.1. The standard InChI is InChI=1S/C32H43FN6/c1-3-21(2)24-9-10-27(35)26(19-34)30(24)22-7-8-25-28(17-22)36-29(37-31(25)38-14-4-5-15-38)11-13-32-12-6-16-39(32)20-23(33)18-32/h9-10,21-23H,3-8,11-18,20,35H2,1-2H3/t21?,22?,23?,32-/m1/s1. The second kappa shape index (κ2) is 10.7. The number of nitrogens with zero attached hydrogens (tertiary/aromatic N) is 5. The number of fused-ring (bicyclic) bond motifs is 2. The fourth-order valence-corrected chi connectivity index (χ4v) is 8.02. The number of alkyl halides is 1. The number of nitriles is 1. The number of halogens is 1. The lowest BCUT2D eigenvalue weighted by atomic mass is 9.76. The minimum Gasteiger partial charge on any atom is -0.398 e. The van der Waals surface area contributed by atoms with Gasteiger partial charge in [0.1, 0.15) is 23.9 Å². The lowest BCUT2D eigenvalue weighted by Gasteiger charge is -2.33. The van der Waals surface area contributed by atoms with Crippen LogP contribution in [0.3, 0.4) is 0 Å². The maximum absolute atomic E-state index is 14.4. The number of anilines is 2. The van der Waals surface area contributed by atoms with Crippen LogP contribution >= 0.6 is 0 Å². The summed E-state index contributed by atoms with van der Waals surface area (Å²) in [4.78, 5) is 15.3. The van der Waals surface area contributed by atoms with Crippen LogP contribution in [0.1, 0.15) is 111 Å². The van der Waals surface area contributed by atoms with E-state index >= 15 is 0 Å². The van der Waals surface area contributed by atoms with Crippen molar-refractivity contribution in [1.82, 2.24) is 14.9 Å². The molecule has 0 spiro atoms. The van der Waals surface area contributed by atoms with Gasteiger partial charge in [0.15, 0.2) is 0 Å². The van der Waals surface area contributed by atoms with Gasteiger partial charge < -0.3 is 10.6 Å². The highest BCUT2D eigenvalue weighted by Gasteiger charge is 2.48. The number of hydrogen-bond acceptors (Lipinski definition) is 6. The van der Waals surface area contributed by atoms with Crippen molar-refractivity contribution in [2.24, 2.45) is 0 Å². The second-order valence-electron chi connectivity index (χ2n) is 12.6. The Morgan fingerprint density at radius 1 is 1.21 bits per heavy atom. The fourth-order valence-electron chi connectivity index (χ4n) is 8.02. The molecular formula is C32H43FN6. The molecule has 6 rings (SSSR count). The molecule has 208 valence electrons. The summed E-state index contributed by atoms with van der Waals surface area (Å²) in [6.07, 6.45) is 10.1. The monoisotopic (exact) mass is 530 g/mol. The number of hydrogen-bond donors (Lipinski definition) is 1. The molecular weight excluding hydrogens is 487 g/mol. The SMILES string of the molecule is CCC(C)c1ccc(N)c(C#N)c1C1CCc2c(nc(CC[C@@]34CCCN3CC(F)C4)nc2N2CCCC2)C1. The molecule has 0 bridgehead atoms. The fraction of sp³-hybridized carbons (Fsp3) is 0.656. The van der Waals surface area contributed by atoms with Crippen molar-refractivity contribution in [3.05, 3.63) is 45.9 Å². The molecule has 3 aliphatic heterocycles. The quantitative estimate of drug-likeness (QED) is 0.454. The number of nitrogens with two attached hydrogens (primary N) is 1. The van der Waals surface area contributed by atoms with E-state index < -0.39 is 6.17 Å². The molecule has 6 nitrogen and oxygen atoms in total. The number of aromatic nitrogens is 2. The Labute approximate surface area is 232 Å². The molecule has 3 saturated heterocycles. The predicted molar refractivity (Wildman–Crippen MR) is 154 cm³/mol. The first kappa shape index (κ1) is 26.5. The highest BCUT2D eigenvalue weighted by Crippen LogP contribution is 2.44. The molecule has 3 fully saturated rings. The van der Waals surface area contributed by atoms with Crippen molar-refractivity contribution in [2.75, 3.05) is 36.8 Å². The van der Waals surface area contributed by atoms with Gasteiger partial charge in [-0.3, -0.25) is 4.90 Å². The maximum Gasteiger partial charge on any atom is 0.135 e. The molecule has 0 saturated carbocycles. The number of aryl methyl sites for hydroxylation is 1. The summed E-state index contributed by atoms with van der Waals surface area (Å²) >= 11 is 0. The first-order chi connectivity index (χ1) is 18.9. The van der Waals surface area contributed by atoms with Gasteiger partial charge in [0.25, 0.3) is 0 Å². The van der Waals surface area contributed by atoms with Crippen molar-refractivity contribution < 1.29 is 4.39 Å². The summed E-state index contributed by atoms with van der Waals surface area (Å²) in [5.41, 5.74) is 12.4. The molecule has 2 N–H and O–H groups in total. The Morgan fingerprint density at radius 2 is 2.03 bits per heavy atom. The molecule has 39 heavy (non-hydrogen) atoms. The number of benzene rings is 1. The van der Waals surface area contributed by atoms with Gasteiger partial charge in [-0.2, -0.15) is 5.26 Å². The van der Waals surface area contributed by atoms with Gasteiger partial charge in [-0.05, 0) is 99.8 Å². The van der Waals surface area contributed by atoms with E-state index in [-0.39, 0.29) is 11.5 Å². The topological polar surface area (TPSA) is 82.1 Å². The van der Waals surface area contributed by atoms with Gasteiger partial charge in [-0.15, -0.1) is 0 Å². The van der Waals surface area contributed by atoms with Crippen LogP contribution in [0.4, 0.5) is 15.9 Å². The molecule has 1 aromatic carbocycles. The first-order valence-electron chi connectivity index (χ1n) is 15.3. The average Bonchev–Trinajstić information content (AvgIpc) is 3.67. The molecule has 3 unspecified atom stereocenters. The van der Waals surface area contributed by atoms with E-state index in [1.807, 2.05) is 6.07 Å². The normalized spacial score (nSPS) is 27.4. The van der Waals surface area contributed by atoms with Crippen molar-refractivity contribution in [3.63, 3.8) is 0 Å². The van der Waals surface area contributed by atoms with Crippen LogP contribution in [0.15, 0.2) is 12.1 Å². The van der Waals surface area contributed by atoms with Crippen LogP contribution in [-0.2, 0) is 19.3 Å². The highest BCUT2D eigenvalue weighted by molar-refractivity contribution is 5.63. The van der Waals surface area contributed by atoms with Gasteiger partial charge in [0.2, 0.25) is 0 Å². The zero-order chi connectivity index (χ0) is 27.1. The van der Waals surface area contributed by atoms with Gasteiger partial charge in [0, 0.05) is 42.8 Å². The summed E-state index contributed by atoms with van der Waals surface area (Å²) in [6.45, 7) is 8.17. The largest absolute Gasteiger partial charge is 0.398 e. The van der Waals surface area contributed by atoms with E-state index in [2.05, 4.69) is 35.8 Å². The third-order valence-electron chi connectivity index (χ3n) is 10.3. The highest BCUT2D eigenvalue weighted by atomic mass is 19.1. The summed E-state index contributed by atoms with van der Waals surface area (Å²) in [7, 11) is 0. The van der Waals surface area contributed by atoms with E-state index in [1.54, 1.807) is 0 Å². The van der Waals surface area contributed by atoms with E-state index in [1.165, 1.54) is 30.4 Å². The molecule has 7 heteroatoms. The Kier molecular flexibility index (Phi) is 7.26. The Morgan fingerprint density at radius 3 is 2.79 bits per heavy atom. The average molecular weight is 531 g/mol. The van der Waals surface area contributed by atoms with Crippen molar-refractivity contribution in [1.29, 1.82) is 5.26 Å². The Hall–Kier alpha value is -2.72. The van der Waals surface area contributed by atoms with Crippen LogP contribution in [0.2, 0.25) is 0 Å². The molecule has 4 aliphatic rings. The summed E-state index contributed by atoms with van der Waals surface area (Å²) < 4.78 is 14.4. The van der Waals surface area contributed by atoms with Gasteiger partial charge in [-0.1, -0.05) is 19.9 Å². The van der Waals surface area contributed by atoms with E-state index in [0.717, 1.165) is 87.5 Å². The minimum absolute atomic E-state index is 0.0104. The van der Waals surface area contributed by atoms with Crippen LogP contribution in [0.5, 0.6) is 0 Å².